The van der Waals surface area contributed by atoms with Crippen molar-refractivity contribution in [1.29, 1.82) is 0 Å². The first-order valence-corrected chi connectivity index (χ1v) is 6.82. The number of hydrogen-bond acceptors (Lipinski definition) is 3. The molecule has 1 atom stereocenters. The number of hydrogen-bond donors (Lipinski definition) is 1. The molecule has 1 aliphatic rings. The Hall–Kier alpha value is -1.71. The summed E-state index contributed by atoms with van der Waals surface area (Å²) in [6, 6.07) is 5.94. The number of nitrogens with one attached hydrogen (secondary N) is 1. The van der Waals surface area contributed by atoms with Crippen LogP contribution >= 0.6 is 0 Å². The zero-order valence-electron chi connectivity index (χ0n) is 11.6. The van der Waals surface area contributed by atoms with Gasteiger partial charge >= 0.3 is 0 Å². The van der Waals surface area contributed by atoms with Gasteiger partial charge in [0.25, 0.3) is 0 Å². The van der Waals surface area contributed by atoms with Crippen LogP contribution < -0.4 is 14.8 Å². The fourth-order valence-corrected chi connectivity index (χ4v) is 2.22. The average molecular weight is 263 g/mol. The molecule has 1 fully saturated rings. The van der Waals surface area contributed by atoms with Gasteiger partial charge in [0.2, 0.25) is 5.91 Å². The number of methoxy groups -OCH3 is 1. The predicted molar refractivity (Wildman–Crippen MR) is 73.8 cm³/mol. The van der Waals surface area contributed by atoms with E-state index in [0.29, 0.717) is 19.6 Å². The highest BCUT2D eigenvalue weighted by Crippen LogP contribution is 2.33. The lowest BCUT2D eigenvalue weighted by Crippen LogP contribution is -2.13. The first kappa shape index (κ1) is 13.7. The van der Waals surface area contributed by atoms with Crippen LogP contribution in [0.3, 0.4) is 0 Å². The van der Waals surface area contributed by atoms with Gasteiger partial charge in [-0.15, -0.1) is 0 Å². The molecule has 1 unspecified atom stereocenters. The van der Waals surface area contributed by atoms with Gasteiger partial charge in [-0.3, -0.25) is 4.79 Å². The summed E-state index contributed by atoms with van der Waals surface area (Å²) >= 11 is 0. The predicted octanol–water partition coefficient (Wildman–Crippen LogP) is 2.48. The van der Waals surface area contributed by atoms with Crippen LogP contribution in [-0.2, 0) is 4.79 Å². The number of carbonyl (C=O) groups excluding carboxylic acids is 1. The van der Waals surface area contributed by atoms with E-state index in [0.717, 1.165) is 29.9 Å². The monoisotopic (exact) mass is 263 g/mol. The minimum atomic E-state index is 0.118. The minimum absolute atomic E-state index is 0.118. The maximum absolute atomic E-state index is 11.3. The van der Waals surface area contributed by atoms with Crippen molar-refractivity contribution in [3.8, 4) is 11.5 Å². The minimum Gasteiger partial charge on any atom is -0.493 e. The Balaban J connectivity index is 2.09. The van der Waals surface area contributed by atoms with Crippen LogP contribution in [0.5, 0.6) is 11.5 Å². The van der Waals surface area contributed by atoms with Crippen molar-refractivity contribution in [3.63, 3.8) is 0 Å². The molecule has 0 radical (unpaired) electrons. The van der Waals surface area contributed by atoms with E-state index in [-0.39, 0.29) is 11.8 Å². The van der Waals surface area contributed by atoms with Crippen molar-refractivity contribution in [2.75, 3.05) is 20.3 Å². The highest BCUT2D eigenvalue weighted by Gasteiger charge is 2.23. The van der Waals surface area contributed by atoms with Gasteiger partial charge in [-0.1, -0.05) is 19.4 Å². The molecular formula is C15H21NO3. The summed E-state index contributed by atoms with van der Waals surface area (Å²) in [5, 5.41) is 2.85. The van der Waals surface area contributed by atoms with Crippen molar-refractivity contribution in [1.82, 2.24) is 5.32 Å². The highest BCUT2D eigenvalue weighted by atomic mass is 16.5. The molecule has 1 aromatic rings. The fourth-order valence-electron chi connectivity index (χ4n) is 2.22. The number of unbranched alkanes of at least 4 members (excludes halogenated alkanes) is 1. The average Bonchev–Trinajstić information content (AvgIpc) is 2.86. The largest absolute Gasteiger partial charge is 0.493 e. The standard InChI is InChI=1S/C15H21NO3/c1-3-4-7-19-13-6-5-11(8-14(13)18-2)12-9-15(17)16-10-12/h5-6,8,12H,3-4,7,9-10H2,1-2H3,(H,16,17). The van der Waals surface area contributed by atoms with Crippen molar-refractivity contribution in [2.45, 2.75) is 32.1 Å². The fraction of sp³-hybridized carbons (Fsp3) is 0.533. The van der Waals surface area contributed by atoms with Gasteiger partial charge in [-0.05, 0) is 24.1 Å². The van der Waals surface area contributed by atoms with Crippen LogP contribution in [0.2, 0.25) is 0 Å². The molecule has 4 nitrogen and oxygen atoms in total. The van der Waals surface area contributed by atoms with E-state index in [9.17, 15) is 4.79 Å². The summed E-state index contributed by atoms with van der Waals surface area (Å²) in [5.74, 6) is 1.88. The van der Waals surface area contributed by atoms with Gasteiger partial charge in [0.05, 0.1) is 13.7 Å². The molecule has 0 aromatic heterocycles. The normalized spacial score (nSPS) is 18.2. The first-order chi connectivity index (χ1) is 9.24. The van der Waals surface area contributed by atoms with E-state index in [4.69, 9.17) is 9.47 Å². The molecule has 1 aromatic carbocycles. The van der Waals surface area contributed by atoms with Crippen LogP contribution in [-0.4, -0.2) is 26.2 Å². The van der Waals surface area contributed by atoms with E-state index in [2.05, 4.69) is 12.2 Å². The van der Waals surface area contributed by atoms with Gasteiger partial charge in [-0.25, -0.2) is 0 Å². The second kappa shape index (κ2) is 6.45. The number of amides is 1. The highest BCUT2D eigenvalue weighted by molar-refractivity contribution is 5.79. The molecule has 1 heterocycles. The van der Waals surface area contributed by atoms with Crippen molar-refractivity contribution in [2.24, 2.45) is 0 Å². The molecule has 0 aliphatic carbocycles. The van der Waals surface area contributed by atoms with Crippen LogP contribution in [0.25, 0.3) is 0 Å². The Morgan fingerprint density at radius 1 is 1.37 bits per heavy atom. The van der Waals surface area contributed by atoms with E-state index >= 15 is 0 Å². The Labute approximate surface area is 114 Å². The molecule has 1 N–H and O–H groups in total. The molecule has 19 heavy (non-hydrogen) atoms. The third kappa shape index (κ3) is 3.40. The lowest BCUT2D eigenvalue weighted by Gasteiger charge is -2.14. The molecule has 104 valence electrons. The van der Waals surface area contributed by atoms with E-state index in [1.807, 2.05) is 18.2 Å². The lowest BCUT2D eigenvalue weighted by atomic mass is 9.98. The Morgan fingerprint density at radius 2 is 2.21 bits per heavy atom. The van der Waals surface area contributed by atoms with Gasteiger partial charge in [0.1, 0.15) is 0 Å². The second-order valence-corrected chi connectivity index (χ2v) is 4.82. The van der Waals surface area contributed by atoms with Crippen LogP contribution in [0, 0.1) is 0 Å². The van der Waals surface area contributed by atoms with Gasteiger partial charge in [0, 0.05) is 18.9 Å². The molecule has 0 saturated carbocycles. The third-order valence-electron chi connectivity index (χ3n) is 3.39. The molecule has 2 rings (SSSR count). The molecule has 1 saturated heterocycles. The smallest absolute Gasteiger partial charge is 0.220 e. The topological polar surface area (TPSA) is 47.6 Å². The van der Waals surface area contributed by atoms with Crippen molar-refractivity contribution >= 4 is 5.91 Å². The number of benzene rings is 1. The molecule has 1 amide bonds. The Morgan fingerprint density at radius 3 is 2.84 bits per heavy atom. The maximum atomic E-state index is 11.3. The Bertz CT molecular complexity index is 445. The molecular weight excluding hydrogens is 242 g/mol. The first-order valence-electron chi connectivity index (χ1n) is 6.82. The zero-order valence-corrected chi connectivity index (χ0v) is 11.6. The van der Waals surface area contributed by atoms with E-state index in [1.165, 1.54) is 0 Å². The molecule has 0 bridgehead atoms. The van der Waals surface area contributed by atoms with Crippen LogP contribution in [0.1, 0.15) is 37.7 Å². The summed E-state index contributed by atoms with van der Waals surface area (Å²) < 4.78 is 11.1. The van der Waals surface area contributed by atoms with Crippen molar-refractivity contribution < 1.29 is 14.3 Å². The van der Waals surface area contributed by atoms with E-state index < -0.39 is 0 Å². The third-order valence-corrected chi connectivity index (χ3v) is 3.39. The Kier molecular flexibility index (Phi) is 4.66. The second-order valence-electron chi connectivity index (χ2n) is 4.82. The van der Waals surface area contributed by atoms with Gasteiger partial charge in [-0.2, -0.15) is 0 Å². The van der Waals surface area contributed by atoms with E-state index in [1.54, 1.807) is 7.11 Å². The van der Waals surface area contributed by atoms with Crippen molar-refractivity contribution in [3.05, 3.63) is 23.8 Å². The number of ether oxygens (including phenoxy) is 2. The number of carbonyl (C=O) groups is 1. The summed E-state index contributed by atoms with van der Waals surface area (Å²) in [6.45, 7) is 3.54. The summed E-state index contributed by atoms with van der Waals surface area (Å²) in [5.41, 5.74) is 1.12. The lowest BCUT2D eigenvalue weighted by molar-refractivity contribution is -0.119. The SMILES string of the molecule is CCCCOc1ccc(C2CNC(=O)C2)cc1OC. The summed E-state index contributed by atoms with van der Waals surface area (Å²) in [6.07, 6.45) is 2.70. The van der Waals surface area contributed by atoms with Gasteiger partial charge < -0.3 is 14.8 Å². The zero-order chi connectivity index (χ0) is 13.7. The quantitative estimate of drug-likeness (QED) is 0.802. The summed E-state index contributed by atoms with van der Waals surface area (Å²) in [7, 11) is 1.64. The van der Waals surface area contributed by atoms with Crippen LogP contribution in [0.4, 0.5) is 0 Å². The molecule has 1 aliphatic heterocycles. The number of rotatable bonds is 6. The summed E-state index contributed by atoms with van der Waals surface area (Å²) in [4.78, 5) is 11.3. The van der Waals surface area contributed by atoms with Gasteiger partial charge in [0.15, 0.2) is 11.5 Å². The molecule has 4 heteroatoms. The molecule has 0 spiro atoms. The van der Waals surface area contributed by atoms with Crippen LogP contribution in [0.15, 0.2) is 18.2 Å². The maximum Gasteiger partial charge on any atom is 0.220 e.